The third-order valence-electron chi connectivity index (χ3n) is 8.21. The summed E-state index contributed by atoms with van der Waals surface area (Å²) in [6, 6.07) is 57.6. The maximum absolute atomic E-state index is 2.39. The van der Waals surface area contributed by atoms with Gasteiger partial charge in [-0.2, -0.15) is 0 Å². The lowest BCUT2D eigenvalue weighted by Gasteiger charge is -2.20. The van der Waals surface area contributed by atoms with E-state index in [4.69, 9.17) is 0 Å². The first-order valence-electron chi connectivity index (χ1n) is 13.9. The molecule has 0 N–H and O–H groups in total. The highest BCUT2D eigenvalue weighted by atomic mass is 14.2. The zero-order valence-electron chi connectivity index (χ0n) is 22.0. The normalized spacial score (nSPS) is 11.5. The maximum Gasteiger partial charge on any atom is -0.00199 e. The monoisotopic (exact) mass is 506 g/mol. The molecule has 0 radical (unpaired) electrons. The number of fused-ring (bicyclic) bond motifs is 4. The zero-order valence-corrected chi connectivity index (χ0v) is 22.0. The van der Waals surface area contributed by atoms with Crippen LogP contribution in [0.5, 0.6) is 0 Å². The summed E-state index contributed by atoms with van der Waals surface area (Å²) >= 11 is 0. The molecule has 0 spiro atoms. The van der Waals surface area contributed by atoms with Crippen LogP contribution in [0.25, 0.3) is 76.5 Å². The summed E-state index contributed by atoms with van der Waals surface area (Å²) in [6.45, 7) is 0. The van der Waals surface area contributed by atoms with Gasteiger partial charge in [0.25, 0.3) is 0 Å². The van der Waals surface area contributed by atoms with Gasteiger partial charge in [-0.1, -0.05) is 140 Å². The van der Waals surface area contributed by atoms with Crippen LogP contribution in [0, 0.1) is 0 Å². The van der Waals surface area contributed by atoms with E-state index in [-0.39, 0.29) is 0 Å². The van der Waals surface area contributed by atoms with Gasteiger partial charge in [0.2, 0.25) is 0 Å². The molecule has 0 aromatic heterocycles. The average molecular weight is 507 g/mol. The lowest BCUT2D eigenvalue weighted by molar-refractivity contribution is 1.63. The SMILES string of the molecule is c1ccc(-c2cc(-c3c4ccccc4c(-c4ccc5ccccc5c4)c4ccccc34)c3ccccc3c2)cc1. The summed E-state index contributed by atoms with van der Waals surface area (Å²) in [4.78, 5) is 0. The van der Waals surface area contributed by atoms with Gasteiger partial charge in [-0.05, 0) is 94.7 Å². The van der Waals surface area contributed by atoms with E-state index in [9.17, 15) is 0 Å². The first-order valence-corrected chi connectivity index (χ1v) is 13.9. The summed E-state index contributed by atoms with van der Waals surface area (Å²) in [5.41, 5.74) is 7.58. The molecule has 0 amide bonds. The second kappa shape index (κ2) is 9.22. The molecule has 186 valence electrons. The molecule has 0 heterocycles. The fourth-order valence-corrected chi connectivity index (χ4v) is 6.39. The van der Waals surface area contributed by atoms with Crippen LogP contribution in [0.2, 0.25) is 0 Å². The second-order valence-electron chi connectivity index (χ2n) is 10.5. The Bertz CT molecular complexity index is 2150. The van der Waals surface area contributed by atoms with Crippen molar-refractivity contribution in [3.8, 4) is 33.4 Å². The molecule has 0 aliphatic carbocycles. The zero-order chi connectivity index (χ0) is 26.5. The van der Waals surface area contributed by atoms with Gasteiger partial charge in [-0.3, -0.25) is 0 Å². The van der Waals surface area contributed by atoms with Gasteiger partial charge in [0.1, 0.15) is 0 Å². The molecular weight excluding hydrogens is 480 g/mol. The molecule has 40 heavy (non-hydrogen) atoms. The summed E-state index contributed by atoms with van der Waals surface area (Å²) in [7, 11) is 0. The van der Waals surface area contributed by atoms with Crippen molar-refractivity contribution in [3.63, 3.8) is 0 Å². The van der Waals surface area contributed by atoms with E-state index < -0.39 is 0 Å². The number of rotatable bonds is 3. The van der Waals surface area contributed by atoms with Crippen LogP contribution < -0.4 is 0 Å². The van der Waals surface area contributed by atoms with E-state index in [0.717, 1.165) is 0 Å². The Morgan fingerprint density at radius 2 is 0.750 bits per heavy atom. The molecule has 8 aromatic rings. The van der Waals surface area contributed by atoms with Gasteiger partial charge < -0.3 is 0 Å². The predicted octanol–water partition coefficient (Wildman–Crippen LogP) is 11.3. The molecule has 0 bridgehead atoms. The first kappa shape index (κ1) is 22.8. The molecule has 0 aliphatic heterocycles. The van der Waals surface area contributed by atoms with Gasteiger partial charge in [-0.25, -0.2) is 0 Å². The number of hydrogen-bond donors (Lipinski definition) is 0. The molecule has 8 rings (SSSR count). The minimum absolute atomic E-state index is 1.23. The smallest absolute Gasteiger partial charge is 0.00199 e. The molecule has 0 nitrogen and oxygen atoms in total. The number of hydrogen-bond acceptors (Lipinski definition) is 0. The van der Waals surface area contributed by atoms with E-state index in [1.165, 1.54) is 76.5 Å². The quantitative estimate of drug-likeness (QED) is 0.209. The Balaban J connectivity index is 1.51. The van der Waals surface area contributed by atoms with Crippen molar-refractivity contribution in [1.82, 2.24) is 0 Å². The highest BCUT2D eigenvalue weighted by Crippen LogP contribution is 2.46. The summed E-state index contributed by atoms with van der Waals surface area (Å²) in [5, 5.41) is 10.2. The van der Waals surface area contributed by atoms with Crippen molar-refractivity contribution >= 4 is 43.1 Å². The lowest BCUT2D eigenvalue weighted by atomic mass is 9.83. The third kappa shape index (κ3) is 3.61. The minimum Gasteiger partial charge on any atom is -0.0622 e. The van der Waals surface area contributed by atoms with Crippen molar-refractivity contribution < 1.29 is 0 Å². The fourth-order valence-electron chi connectivity index (χ4n) is 6.39. The fraction of sp³-hybridized carbons (Fsp3) is 0. The third-order valence-corrected chi connectivity index (χ3v) is 8.21. The average Bonchev–Trinajstić information content (AvgIpc) is 3.03. The predicted molar refractivity (Wildman–Crippen MR) is 173 cm³/mol. The highest BCUT2D eigenvalue weighted by Gasteiger charge is 2.18. The Morgan fingerprint density at radius 3 is 1.43 bits per heavy atom. The number of benzene rings is 8. The standard InChI is InChI=1S/C40H26/c1-2-12-27(13-3-1)32-25-30-16-6-7-17-33(30)38(26-32)40-36-20-10-8-18-34(36)39(35-19-9-11-21-37(35)40)31-23-22-28-14-4-5-15-29(28)24-31/h1-26H. The van der Waals surface area contributed by atoms with Crippen LogP contribution in [0.15, 0.2) is 158 Å². The molecule has 8 aromatic carbocycles. The molecule has 0 atom stereocenters. The van der Waals surface area contributed by atoms with Crippen molar-refractivity contribution in [3.05, 3.63) is 158 Å². The van der Waals surface area contributed by atoms with E-state index in [2.05, 4.69) is 158 Å². The minimum atomic E-state index is 1.23. The Labute approximate surface area is 233 Å². The molecule has 0 fully saturated rings. The summed E-state index contributed by atoms with van der Waals surface area (Å²) < 4.78 is 0. The molecule has 0 saturated heterocycles. The Kier molecular flexibility index (Phi) is 5.24. The van der Waals surface area contributed by atoms with Gasteiger partial charge in [0.05, 0.1) is 0 Å². The van der Waals surface area contributed by atoms with Gasteiger partial charge >= 0.3 is 0 Å². The summed E-state index contributed by atoms with van der Waals surface area (Å²) in [5.74, 6) is 0. The topological polar surface area (TPSA) is 0 Å². The van der Waals surface area contributed by atoms with Crippen LogP contribution in [-0.2, 0) is 0 Å². The Hall–Kier alpha value is -5.20. The summed E-state index contributed by atoms with van der Waals surface area (Å²) in [6.07, 6.45) is 0. The van der Waals surface area contributed by atoms with Crippen LogP contribution in [-0.4, -0.2) is 0 Å². The molecule has 0 unspecified atom stereocenters. The van der Waals surface area contributed by atoms with Gasteiger partial charge in [0, 0.05) is 0 Å². The molecule has 0 heteroatoms. The van der Waals surface area contributed by atoms with Crippen molar-refractivity contribution in [2.45, 2.75) is 0 Å². The Morgan fingerprint density at radius 1 is 0.250 bits per heavy atom. The first-order chi connectivity index (χ1) is 19.8. The van der Waals surface area contributed by atoms with Crippen molar-refractivity contribution in [1.29, 1.82) is 0 Å². The lowest BCUT2D eigenvalue weighted by Crippen LogP contribution is -1.92. The van der Waals surface area contributed by atoms with E-state index in [0.29, 0.717) is 0 Å². The van der Waals surface area contributed by atoms with Crippen molar-refractivity contribution in [2.75, 3.05) is 0 Å². The van der Waals surface area contributed by atoms with E-state index in [1.54, 1.807) is 0 Å². The second-order valence-corrected chi connectivity index (χ2v) is 10.5. The molecular formula is C40H26. The van der Waals surface area contributed by atoms with Gasteiger partial charge in [-0.15, -0.1) is 0 Å². The molecule has 0 saturated carbocycles. The van der Waals surface area contributed by atoms with Crippen LogP contribution in [0.1, 0.15) is 0 Å². The molecule has 0 aliphatic rings. The highest BCUT2D eigenvalue weighted by molar-refractivity contribution is 6.24. The van der Waals surface area contributed by atoms with Crippen LogP contribution in [0.3, 0.4) is 0 Å². The van der Waals surface area contributed by atoms with Crippen LogP contribution in [0.4, 0.5) is 0 Å². The van der Waals surface area contributed by atoms with Gasteiger partial charge in [0.15, 0.2) is 0 Å². The van der Waals surface area contributed by atoms with Crippen LogP contribution >= 0.6 is 0 Å². The maximum atomic E-state index is 2.39. The largest absolute Gasteiger partial charge is 0.0622 e. The van der Waals surface area contributed by atoms with Crippen molar-refractivity contribution in [2.24, 2.45) is 0 Å². The van der Waals surface area contributed by atoms with E-state index in [1.807, 2.05) is 0 Å². The van der Waals surface area contributed by atoms with E-state index >= 15 is 0 Å².